The van der Waals surface area contributed by atoms with Crippen LogP contribution in [0.15, 0.2) is 23.6 Å². The number of benzene rings is 1. The Bertz CT molecular complexity index is 583. The zero-order valence-corrected chi connectivity index (χ0v) is 11.5. The number of hydrogen-bond donors (Lipinski definition) is 1. The number of carboxylic acids is 1. The molecule has 2 aromatic rings. The number of aryl methyl sites for hydroxylation is 1. The van der Waals surface area contributed by atoms with Crippen LogP contribution in [0.5, 0.6) is 0 Å². The number of aliphatic carboxylic acids is 1. The van der Waals surface area contributed by atoms with E-state index in [2.05, 4.69) is 4.98 Å². The lowest BCUT2D eigenvalue weighted by molar-refractivity contribution is -0.136. The third-order valence-corrected chi connectivity index (χ3v) is 4.07. The summed E-state index contributed by atoms with van der Waals surface area (Å²) in [4.78, 5) is 14.9. The summed E-state index contributed by atoms with van der Waals surface area (Å²) in [5, 5.41) is 12.2. The number of aromatic nitrogens is 1. The van der Waals surface area contributed by atoms with Crippen LogP contribution in [0.3, 0.4) is 0 Å². The van der Waals surface area contributed by atoms with E-state index in [9.17, 15) is 4.79 Å². The molecule has 18 heavy (non-hydrogen) atoms. The Labute approximate surface area is 118 Å². The smallest absolute Gasteiger partial charge is 0.303 e. The van der Waals surface area contributed by atoms with E-state index in [1.165, 1.54) is 11.3 Å². The number of halogens is 2. The average Bonchev–Trinajstić information content (AvgIpc) is 2.78. The Morgan fingerprint density at radius 1 is 1.39 bits per heavy atom. The van der Waals surface area contributed by atoms with E-state index in [4.69, 9.17) is 28.3 Å². The van der Waals surface area contributed by atoms with E-state index in [0.29, 0.717) is 16.5 Å². The molecule has 3 nitrogen and oxygen atoms in total. The molecule has 0 unspecified atom stereocenters. The topological polar surface area (TPSA) is 50.2 Å². The lowest BCUT2D eigenvalue weighted by atomic mass is 10.2. The number of carboxylic acid groups (broad SMARTS) is 1. The molecule has 0 radical (unpaired) electrons. The first-order valence-electron chi connectivity index (χ1n) is 5.18. The van der Waals surface area contributed by atoms with Gasteiger partial charge in [0.05, 0.1) is 22.2 Å². The van der Waals surface area contributed by atoms with Crippen molar-refractivity contribution in [2.24, 2.45) is 0 Å². The predicted octanol–water partition coefficient (Wildman–Crippen LogP) is 4.13. The number of thiazole rings is 1. The monoisotopic (exact) mass is 301 g/mol. The van der Waals surface area contributed by atoms with Crippen LogP contribution in [0.4, 0.5) is 0 Å². The number of hydrogen-bond acceptors (Lipinski definition) is 3. The molecular weight excluding hydrogens is 293 g/mol. The molecule has 0 amide bonds. The summed E-state index contributed by atoms with van der Waals surface area (Å²) in [5.41, 5.74) is 1.53. The normalized spacial score (nSPS) is 10.6. The summed E-state index contributed by atoms with van der Waals surface area (Å²) < 4.78 is 0. The highest BCUT2D eigenvalue weighted by Crippen LogP contribution is 2.35. The number of carbonyl (C=O) groups is 1. The van der Waals surface area contributed by atoms with Crippen LogP contribution < -0.4 is 0 Å². The van der Waals surface area contributed by atoms with Gasteiger partial charge in [0.2, 0.25) is 0 Å². The third-order valence-electron chi connectivity index (χ3n) is 2.33. The summed E-state index contributed by atoms with van der Waals surface area (Å²) in [6, 6.07) is 5.36. The first kappa shape index (κ1) is 13.3. The molecule has 0 saturated carbocycles. The van der Waals surface area contributed by atoms with Crippen LogP contribution in [0.25, 0.3) is 10.6 Å². The molecule has 0 atom stereocenters. The maximum absolute atomic E-state index is 10.5. The van der Waals surface area contributed by atoms with Gasteiger partial charge in [-0.25, -0.2) is 4.98 Å². The first-order chi connectivity index (χ1) is 8.58. The van der Waals surface area contributed by atoms with Gasteiger partial charge in [-0.05, 0) is 6.07 Å². The highest BCUT2D eigenvalue weighted by atomic mass is 35.5. The van der Waals surface area contributed by atoms with Crippen molar-refractivity contribution in [1.82, 2.24) is 4.98 Å². The van der Waals surface area contributed by atoms with Crippen LogP contribution in [-0.2, 0) is 11.2 Å². The zero-order chi connectivity index (χ0) is 13.1. The molecule has 94 valence electrons. The van der Waals surface area contributed by atoms with Crippen LogP contribution in [-0.4, -0.2) is 16.1 Å². The molecule has 0 aliphatic heterocycles. The molecule has 1 N–H and O–H groups in total. The number of rotatable bonds is 4. The van der Waals surface area contributed by atoms with Gasteiger partial charge in [0.1, 0.15) is 5.01 Å². The second-order valence-corrected chi connectivity index (χ2v) is 5.28. The fourth-order valence-corrected chi connectivity index (χ4v) is 2.78. The van der Waals surface area contributed by atoms with Crippen molar-refractivity contribution < 1.29 is 9.90 Å². The van der Waals surface area contributed by atoms with Crippen molar-refractivity contribution in [3.63, 3.8) is 0 Å². The minimum absolute atomic E-state index is 0.0758. The Balaban J connectivity index is 2.24. The lowest BCUT2D eigenvalue weighted by Gasteiger charge is -2.01. The van der Waals surface area contributed by atoms with Crippen molar-refractivity contribution >= 4 is 40.5 Å². The molecular formula is C12H9Cl2NO2S. The summed E-state index contributed by atoms with van der Waals surface area (Å²) in [6.07, 6.45) is 0.496. The lowest BCUT2D eigenvalue weighted by Crippen LogP contribution is -1.97. The third kappa shape index (κ3) is 3.02. The van der Waals surface area contributed by atoms with Gasteiger partial charge < -0.3 is 5.11 Å². The highest BCUT2D eigenvalue weighted by molar-refractivity contribution is 7.13. The van der Waals surface area contributed by atoms with E-state index in [-0.39, 0.29) is 6.42 Å². The van der Waals surface area contributed by atoms with E-state index < -0.39 is 5.97 Å². The summed E-state index contributed by atoms with van der Waals surface area (Å²) in [7, 11) is 0. The molecule has 0 bridgehead atoms. The van der Waals surface area contributed by atoms with E-state index in [0.717, 1.165) is 16.3 Å². The van der Waals surface area contributed by atoms with Crippen LogP contribution >= 0.6 is 34.5 Å². The van der Waals surface area contributed by atoms with Crippen molar-refractivity contribution in [1.29, 1.82) is 0 Å². The Hall–Kier alpha value is -1.10. The SMILES string of the molecule is O=C(O)CCc1csc(-c2cccc(Cl)c2Cl)n1. The Morgan fingerprint density at radius 2 is 2.17 bits per heavy atom. The van der Waals surface area contributed by atoms with Crippen molar-refractivity contribution in [2.45, 2.75) is 12.8 Å². The molecule has 0 saturated heterocycles. The molecule has 1 aromatic carbocycles. The summed E-state index contributed by atoms with van der Waals surface area (Å²) in [6.45, 7) is 0. The predicted molar refractivity (Wildman–Crippen MR) is 73.5 cm³/mol. The van der Waals surface area contributed by atoms with Crippen LogP contribution in [0, 0.1) is 0 Å². The quantitative estimate of drug-likeness (QED) is 0.923. The largest absolute Gasteiger partial charge is 0.481 e. The van der Waals surface area contributed by atoms with Crippen LogP contribution in [0.2, 0.25) is 10.0 Å². The molecule has 1 aromatic heterocycles. The van der Waals surface area contributed by atoms with Gasteiger partial charge in [0, 0.05) is 17.4 Å². The Morgan fingerprint density at radius 3 is 2.89 bits per heavy atom. The number of nitrogens with zero attached hydrogens (tertiary/aromatic N) is 1. The van der Waals surface area contributed by atoms with Gasteiger partial charge in [-0.3, -0.25) is 4.79 Å². The minimum Gasteiger partial charge on any atom is -0.481 e. The van der Waals surface area contributed by atoms with Gasteiger partial charge in [-0.2, -0.15) is 0 Å². The fraction of sp³-hybridized carbons (Fsp3) is 0.167. The van der Waals surface area contributed by atoms with Gasteiger partial charge >= 0.3 is 5.97 Å². The first-order valence-corrected chi connectivity index (χ1v) is 6.82. The summed E-state index contributed by atoms with van der Waals surface area (Å²) in [5.74, 6) is -0.828. The van der Waals surface area contributed by atoms with Gasteiger partial charge in [-0.15, -0.1) is 11.3 Å². The van der Waals surface area contributed by atoms with Crippen LogP contribution in [0.1, 0.15) is 12.1 Å². The molecule has 2 rings (SSSR count). The second-order valence-electron chi connectivity index (χ2n) is 3.64. The van der Waals surface area contributed by atoms with Gasteiger partial charge in [0.25, 0.3) is 0 Å². The maximum atomic E-state index is 10.5. The molecule has 0 aliphatic carbocycles. The standard InChI is InChI=1S/C12H9Cl2NO2S/c13-9-3-1-2-8(11(9)14)12-15-7(6-18-12)4-5-10(16)17/h1-3,6H,4-5H2,(H,16,17). The zero-order valence-electron chi connectivity index (χ0n) is 9.19. The second kappa shape index (κ2) is 5.69. The van der Waals surface area contributed by atoms with Gasteiger partial charge in [-0.1, -0.05) is 35.3 Å². The molecule has 0 aliphatic rings. The maximum Gasteiger partial charge on any atom is 0.303 e. The van der Waals surface area contributed by atoms with Crippen molar-refractivity contribution in [2.75, 3.05) is 0 Å². The molecule has 0 fully saturated rings. The van der Waals surface area contributed by atoms with E-state index in [1.54, 1.807) is 6.07 Å². The Kier molecular flexibility index (Phi) is 4.22. The molecule has 6 heteroatoms. The van der Waals surface area contributed by atoms with Gasteiger partial charge in [0.15, 0.2) is 0 Å². The average molecular weight is 302 g/mol. The molecule has 0 spiro atoms. The molecule has 1 heterocycles. The summed E-state index contributed by atoms with van der Waals surface area (Å²) >= 11 is 13.5. The highest BCUT2D eigenvalue weighted by Gasteiger charge is 2.11. The fourth-order valence-electron chi connectivity index (χ4n) is 1.45. The van der Waals surface area contributed by atoms with E-state index >= 15 is 0 Å². The minimum atomic E-state index is -0.828. The van der Waals surface area contributed by atoms with Crippen molar-refractivity contribution in [3.8, 4) is 10.6 Å². The van der Waals surface area contributed by atoms with Crippen molar-refractivity contribution in [3.05, 3.63) is 39.3 Å². The van der Waals surface area contributed by atoms with E-state index in [1.807, 2.05) is 17.5 Å².